The minimum Gasteiger partial charge on any atom is -0.309 e. The predicted molar refractivity (Wildman–Crippen MR) is 33.5 cm³/mol. The minimum absolute atomic E-state index is 0.102. The molecular formula is C6H15N. The molecule has 0 aromatic rings. The Morgan fingerprint density at radius 1 is 1.57 bits per heavy atom. The van der Waals surface area contributed by atoms with Gasteiger partial charge in [-0.3, -0.25) is 0 Å². The Labute approximate surface area is 47.7 Å². The van der Waals surface area contributed by atoms with Crippen molar-refractivity contribution in [3.8, 4) is 0 Å². The van der Waals surface area contributed by atoms with Crippen molar-refractivity contribution < 1.29 is 1.37 Å². The van der Waals surface area contributed by atoms with Crippen LogP contribution in [-0.4, -0.2) is 25.5 Å². The van der Waals surface area contributed by atoms with Gasteiger partial charge in [-0.15, -0.1) is 0 Å². The first-order valence-corrected chi connectivity index (χ1v) is 2.73. The fourth-order valence-corrected chi connectivity index (χ4v) is 0.387. The summed E-state index contributed by atoms with van der Waals surface area (Å²) in [6, 6.07) is 0. The van der Waals surface area contributed by atoms with Gasteiger partial charge in [-0.2, -0.15) is 0 Å². The molecule has 0 aliphatic heterocycles. The zero-order valence-corrected chi connectivity index (χ0v) is 5.44. The van der Waals surface area contributed by atoms with Gasteiger partial charge in [0.15, 0.2) is 0 Å². The van der Waals surface area contributed by atoms with E-state index in [-0.39, 0.29) is 6.40 Å². The fourth-order valence-electron chi connectivity index (χ4n) is 0.387. The van der Waals surface area contributed by atoms with Crippen molar-refractivity contribution in [3.63, 3.8) is 0 Å². The van der Waals surface area contributed by atoms with Gasteiger partial charge < -0.3 is 4.90 Å². The van der Waals surface area contributed by atoms with E-state index >= 15 is 0 Å². The first-order valence-electron chi connectivity index (χ1n) is 3.31. The van der Waals surface area contributed by atoms with Gasteiger partial charge in [0.1, 0.15) is 0 Å². The molecule has 0 spiro atoms. The molecule has 0 aromatic carbocycles. The number of rotatable bonds is 3. The van der Waals surface area contributed by atoms with Crippen LogP contribution in [0.15, 0.2) is 0 Å². The van der Waals surface area contributed by atoms with Crippen LogP contribution < -0.4 is 0 Å². The Morgan fingerprint density at radius 2 is 2.14 bits per heavy atom. The van der Waals surface area contributed by atoms with Gasteiger partial charge in [-0.25, -0.2) is 0 Å². The highest BCUT2D eigenvalue weighted by Gasteiger charge is 1.83. The van der Waals surface area contributed by atoms with Gasteiger partial charge in [0.05, 0.1) is 0 Å². The van der Waals surface area contributed by atoms with Gasteiger partial charge >= 0.3 is 0 Å². The van der Waals surface area contributed by atoms with Gasteiger partial charge in [0, 0.05) is 1.37 Å². The zero-order valence-electron chi connectivity index (χ0n) is 6.44. The highest BCUT2D eigenvalue weighted by atomic mass is 15.0. The number of hydrogen-bond acceptors (Lipinski definition) is 1. The Hall–Kier alpha value is -0.0400. The summed E-state index contributed by atoms with van der Waals surface area (Å²) in [5.74, 6) is 0. The summed E-state index contributed by atoms with van der Waals surface area (Å²) in [4.78, 5) is 2.04. The van der Waals surface area contributed by atoms with Crippen molar-refractivity contribution in [1.82, 2.24) is 4.90 Å². The molecule has 0 saturated carbocycles. The van der Waals surface area contributed by atoms with Crippen LogP contribution in [0.5, 0.6) is 0 Å². The summed E-state index contributed by atoms with van der Waals surface area (Å²) >= 11 is 0. The van der Waals surface area contributed by atoms with E-state index < -0.39 is 0 Å². The first kappa shape index (κ1) is 5.10. The molecule has 1 unspecified atom stereocenters. The Balaban J connectivity index is 3.10. The fraction of sp³-hybridized carbons (Fsp3) is 1.00. The summed E-state index contributed by atoms with van der Waals surface area (Å²) in [5, 5.41) is 0. The van der Waals surface area contributed by atoms with Crippen molar-refractivity contribution in [2.45, 2.75) is 19.7 Å². The standard InChI is InChI=1S/C6H15N/c1-4-5-6-7(2)3/h4-6H2,1-3H3/i5D. The van der Waals surface area contributed by atoms with E-state index in [1.807, 2.05) is 25.9 Å². The molecule has 0 amide bonds. The lowest BCUT2D eigenvalue weighted by atomic mass is 10.3. The molecule has 1 nitrogen and oxygen atoms in total. The van der Waals surface area contributed by atoms with Crippen LogP contribution in [0.2, 0.25) is 0 Å². The maximum atomic E-state index is 7.31. The molecule has 1 heteroatoms. The van der Waals surface area contributed by atoms with Crippen LogP contribution in [-0.2, 0) is 0 Å². The van der Waals surface area contributed by atoms with E-state index in [2.05, 4.69) is 0 Å². The first-order chi connectivity index (χ1) is 3.66. The maximum absolute atomic E-state index is 7.31. The average Bonchev–Trinajstić information content (AvgIpc) is 1.65. The summed E-state index contributed by atoms with van der Waals surface area (Å²) in [5.41, 5.74) is 0. The molecule has 0 heterocycles. The molecule has 44 valence electrons. The lowest BCUT2D eigenvalue weighted by Gasteiger charge is -2.05. The van der Waals surface area contributed by atoms with Crippen LogP contribution in [0.3, 0.4) is 0 Å². The van der Waals surface area contributed by atoms with Gasteiger partial charge in [-0.05, 0) is 27.0 Å². The van der Waals surface area contributed by atoms with E-state index in [1.165, 1.54) is 0 Å². The van der Waals surface area contributed by atoms with Crippen LogP contribution in [0, 0.1) is 0 Å². The molecule has 0 fully saturated rings. The summed E-state index contributed by atoms with van der Waals surface area (Å²) < 4.78 is 7.31. The summed E-state index contributed by atoms with van der Waals surface area (Å²) in [6.45, 7) is 2.93. The third-order valence-electron chi connectivity index (χ3n) is 0.783. The number of nitrogens with zero attached hydrogens (tertiary/aromatic N) is 1. The van der Waals surface area contributed by atoms with Crippen molar-refractivity contribution >= 4 is 0 Å². The number of hydrogen-bond donors (Lipinski definition) is 0. The summed E-state index contributed by atoms with van der Waals surface area (Å²) in [6.07, 6.45) is 1.06. The molecule has 0 aliphatic rings. The second-order valence-electron chi connectivity index (χ2n) is 1.96. The Kier molecular flexibility index (Phi) is 3.01. The summed E-state index contributed by atoms with van der Waals surface area (Å²) in [7, 11) is 3.99. The third kappa shape index (κ3) is 5.96. The van der Waals surface area contributed by atoms with Crippen LogP contribution in [0.25, 0.3) is 0 Å². The SMILES string of the molecule is [2H]C(CC)CN(C)C. The molecule has 0 radical (unpaired) electrons. The molecule has 0 aliphatic carbocycles. The zero-order chi connectivity index (χ0) is 6.57. The predicted octanol–water partition coefficient (Wildman–Crippen LogP) is 1.35. The molecule has 1 atom stereocenters. The van der Waals surface area contributed by atoms with E-state index in [9.17, 15) is 0 Å². The van der Waals surface area contributed by atoms with Crippen molar-refractivity contribution in [3.05, 3.63) is 0 Å². The Morgan fingerprint density at radius 3 is 2.29 bits per heavy atom. The van der Waals surface area contributed by atoms with E-state index in [0.717, 1.165) is 13.0 Å². The van der Waals surface area contributed by atoms with E-state index in [0.29, 0.717) is 0 Å². The third-order valence-corrected chi connectivity index (χ3v) is 0.783. The molecule has 0 aromatic heterocycles. The topological polar surface area (TPSA) is 3.24 Å². The van der Waals surface area contributed by atoms with Crippen LogP contribution >= 0.6 is 0 Å². The highest BCUT2D eigenvalue weighted by Crippen LogP contribution is 1.86. The minimum atomic E-state index is 0.102. The quantitative estimate of drug-likeness (QED) is 0.520. The lowest BCUT2D eigenvalue weighted by Crippen LogP contribution is -2.12. The van der Waals surface area contributed by atoms with Gasteiger partial charge in [0.25, 0.3) is 0 Å². The lowest BCUT2D eigenvalue weighted by molar-refractivity contribution is 0.398. The molecule has 0 N–H and O–H groups in total. The highest BCUT2D eigenvalue weighted by molar-refractivity contribution is 4.39. The second-order valence-corrected chi connectivity index (χ2v) is 1.96. The van der Waals surface area contributed by atoms with Crippen molar-refractivity contribution in [2.75, 3.05) is 20.6 Å². The van der Waals surface area contributed by atoms with Crippen molar-refractivity contribution in [1.29, 1.82) is 0 Å². The van der Waals surface area contributed by atoms with Crippen molar-refractivity contribution in [2.24, 2.45) is 0 Å². The van der Waals surface area contributed by atoms with Gasteiger partial charge in [-0.1, -0.05) is 13.3 Å². The molecule has 7 heavy (non-hydrogen) atoms. The van der Waals surface area contributed by atoms with Gasteiger partial charge in [0.2, 0.25) is 0 Å². The smallest absolute Gasteiger partial charge is 0.0280 e. The molecule has 0 saturated heterocycles. The average molecular weight is 102 g/mol. The largest absolute Gasteiger partial charge is 0.309 e. The Bertz CT molecular complexity index is 54.5. The van der Waals surface area contributed by atoms with E-state index in [1.54, 1.807) is 0 Å². The molecular weight excluding hydrogens is 86.1 g/mol. The van der Waals surface area contributed by atoms with Crippen LogP contribution in [0.1, 0.15) is 21.1 Å². The van der Waals surface area contributed by atoms with Crippen LogP contribution in [0.4, 0.5) is 0 Å². The van der Waals surface area contributed by atoms with E-state index in [4.69, 9.17) is 1.37 Å². The monoisotopic (exact) mass is 102 g/mol. The molecule has 0 bridgehead atoms. The maximum Gasteiger partial charge on any atom is 0.0280 e. The second kappa shape index (κ2) is 4.13. The molecule has 0 rings (SSSR count). The normalized spacial score (nSPS) is 16.9.